The number of amides is 2. The lowest BCUT2D eigenvalue weighted by atomic mass is 10.1. The minimum Gasteiger partial charge on any atom is -0.443 e. The van der Waals surface area contributed by atoms with E-state index >= 15 is 0 Å². The SMILES string of the molecule is CC(=O)NCc1ccc(C(=O)OC(C(=O)N(C)C)c2ccccc2)s1. The van der Waals surface area contributed by atoms with Gasteiger partial charge < -0.3 is 15.0 Å². The Morgan fingerprint density at radius 1 is 1.12 bits per heavy atom. The molecule has 1 heterocycles. The van der Waals surface area contributed by atoms with Gasteiger partial charge in [0, 0.05) is 31.5 Å². The Kier molecular flexibility index (Phi) is 6.30. The van der Waals surface area contributed by atoms with E-state index in [9.17, 15) is 14.4 Å². The van der Waals surface area contributed by atoms with E-state index in [1.165, 1.54) is 23.2 Å². The molecule has 6 nitrogen and oxygen atoms in total. The summed E-state index contributed by atoms with van der Waals surface area (Å²) in [6.07, 6.45) is -0.996. The lowest BCUT2D eigenvalue weighted by Gasteiger charge is -2.20. The van der Waals surface area contributed by atoms with Crippen molar-refractivity contribution in [1.82, 2.24) is 10.2 Å². The van der Waals surface area contributed by atoms with Gasteiger partial charge in [0.2, 0.25) is 12.0 Å². The van der Waals surface area contributed by atoms with Gasteiger partial charge in [-0.05, 0) is 12.1 Å². The molecule has 0 aliphatic heterocycles. The van der Waals surface area contributed by atoms with Gasteiger partial charge in [0.15, 0.2) is 0 Å². The molecule has 0 bridgehead atoms. The Hall–Kier alpha value is -2.67. The fraction of sp³-hybridized carbons (Fsp3) is 0.278. The summed E-state index contributed by atoms with van der Waals surface area (Å²) in [7, 11) is 3.23. The topological polar surface area (TPSA) is 75.7 Å². The quantitative estimate of drug-likeness (QED) is 0.803. The van der Waals surface area contributed by atoms with Crippen molar-refractivity contribution in [2.24, 2.45) is 0 Å². The molecular formula is C18H20N2O4S. The molecule has 0 spiro atoms. The number of nitrogens with one attached hydrogen (secondary N) is 1. The second-order valence-electron chi connectivity index (χ2n) is 5.60. The van der Waals surface area contributed by atoms with Crippen LogP contribution in [0.5, 0.6) is 0 Å². The third kappa shape index (κ3) is 5.15. The standard InChI is InChI=1S/C18H20N2O4S/c1-12(21)19-11-14-9-10-15(25-14)18(23)24-16(17(22)20(2)3)13-7-5-4-6-8-13/h4-10,16H,11H2,1-3H3,(H,19,21). The van der Waals surface area contributed by atoms with E-state index in [0.29, 0.717) is 17.0 Å². The minimum absolute atomic E-state index is 0.141. The molecule has 1 unspecified atom stereocenters. The Balaban J connectivity index is 2.14. The molecule has 2 aromatic rings. The number of hydrogen-bond acceptors (Lipinski definition) is 5. The predicted molar refractivity (Wildman–Crippen MR) is 95.1 cm³/mol. The van der Waals surface area contributed by atoms with E-state index in [4.69, 9.17) is 4.74 Å². The summed E-state index contributed by atoms with van der Waals surface area (Å²) >= 11 is 1.23. The zero-order valence-electron chi connectivity index (χ0n) is 14.3. The van der Waals surface area contributed by atoms with Gasteiger partial charge >= 0.3 is 5.97 Å². The first kappa shape index (κ1) is 18.7. The number of esters is 1. The van der Waals surface area contributed by atoms with Crippen LogP contribution in [0.3, 0.4) is 0 Å². The van der Waals surface area contributed by atoms with Gasteiger partial charge in [0.25, 0.3) is 5.91 Å². The molecule has 0 radical (unpaired) electrons. The first-order valence-electron chi connectivity index (χ1n) is 7.68. The summed E-state index contributed by atoms with van der Waals surface area (Å²) in [5.41, 5.74) is 0.615. The zero-order chi connectivity index (χ0) is 18.4. The second kappa shape index (κ2) is 8.43. The van der Waals surface area contributed by atoms with Crippen molar-refractivity contribution in [3.05, 3.63) is 57.8 Å². The molecule has 0 fully saturated rings. The maximum Gasteiger partial charge on any atom is 0.349 e. The van der Waals surface area contributed by atoms with Gasteiger partial charge in [-0.2, -0.15) is 0 Å². The van der Waals surface area contributed by atoms with Crippen LogP contribution in [-0.4, -0.2) is 36.8 Å². The Bertz CT molecular complexity index is 755. The number of ether oxygens (including phenoxy) is 1. The Labute approximate surface area is 150 Å². The molecule has 7 heteroatoms. The van der Waals surface area contributed by atoms with Crippen LogP contribution in [0.25, 0.3) is 0 Å². The van der Waals surface area contributed by atoms with Gasteiger partial charge in [-0.15, -0.1) is 11.3 Å². The molecule has 0 saturated carbocycles. The van der Waals surface area contributed by atoms with Crippen molar-refractivity contribution in [2.75, 3.05) is 14.1 Å². The minimum atomic E-state index is -0.996. The number of carbonyl (C=O) groups is 3. The molecule has 0 aliphatic rings. The fourth-order valence-electron chi connectivity index (χ4n) is 2.08. The van der Waals surface area contributed by atoms with Crippen molar-refractivity contribution in [1.29, 1.82) is 0 Å². The van der Waals surface area contributed by atoms with Crippen LogP contribution in [0.15, 0.2) is 42.5 Å². The first-order valence-corrected chi connectivity index (χ1v) is 8.50. The highest BCUT2D eigenvalue weighted by Crippen LogP contribution is 2.24. The number of likely N-dealkylation sites (N-methyl/N-ethyl adjacent to an activating group) is 1. The summed E-state index contributed by atoms with van der Waals surface area (Å²) in [6.45, 7) is 1.78. The largest absolute Gasteiger partial charge is 0.443 e. The van der Waals surface area contributed by atoms with Gasteiger partial charge in [0.05, 0.1) is 6.54 Å². The van der Waals surface area contributed by atoms with Crippen LogP contribution >= 0.6 is 11.3 Å². The van der Waals surface area contributed by atoms with Crippen molar-refractivity contribution >= 4 is 29.1 Å². The van der Waals surface area contributed by atoms with E-state index in [2.05, 4.69) is 5.32 Å². The third-order valence-electron chi connectivity index (χ3n) is 3.37. The van der Waals surface area contributed by atoms with Gasteiger partial charge in [-0.1, -0.05) is 30.3 Å². The highest BCUT2D eigenvalue weighted by Gasteiger charge is 2.27. The number of carbonyl (C=O) groups excluding carboxylic acids is 3. The van der Waals surface area contributed by atoms with E-state index < -0.39 is 12.1 Å². The molecule has 25 heavy (non-hydrogen) atoms. The molecule has 1 atom stereocenters. The van der Waals surface area contributed by atoms with E-state index in [1.54, 1.807) is 50.5 Å². The van der Waals surface area contributed by atoms with Crippen LogP contribution in [0.4, 0.5) is 0 Å². The zero-order valence-corrected chi connectivity index (χ0v) is 15.1. The smallest absolute Gasteiger partial charge is 0.349 e. The second-order valence-corrected chi connectivity index (χ2v) is 6.77. The molecule has 1 N–H and O–H groups in total. The van der Waals surface area contributed by atoms with Crippen LogP contribution in [0, 0.1) is 0 Å². The van der Waals surface area contributed by atoms with Gasteiger partial charge in [0.1, 0.15) is 4.88 Å². The molecule has 132 valence electrons. The number of nitrogens with zero attached hydrogens (tertiary/aromatic N) is 1. The molecule has 0 saturated heterocycles. The van der Waals surface area contributed by atoms with Gasteiger partial charge in [-0.25, -0.2) is 4.79 Å². The van der Waals surface area contributed by atoms with Crippen LogP contribution < -0.4 is 5.32 Å². The van der Waals surface area contributed by atoms with Crippen molar-refractivity contribution in [3.63, 3.8) is 0 Å². The maximum absolute atomic E-state index is 12.4. The average molecular weight is 360 g/mol. The molecule has 1 aromatic carbocycles. The van der Waals surface area contributed by atoms with Crippen molar-refractivity contribution in [3.8, 4) is 0 Å². The molecule has 2 amide bonds. The highest BCUT2D eigenvalue weighted by atomic mass is 32.1. The third-order valence-corrected chi connectivity index (χ3v) is 4.43. The highest BCUT2D eigenvalue weighted by molar-refractivity contribution is 7.13. The summed E-state index contributed by atoms with van der Waals surface area (Å²) < 4.78 is 5.48. The number of benzene rings is 1. The predicted octanol–water partition coefficient (Wildman–Crippen LogP) is 2.37. The van der Waals surface area contributed by atoms with Crippen LogP contribution in [-0.2, 0) is 20.9 Å². The maximum atomic E-state index is 12.4. The molecular weight excluding hydrogens is 340 g/mol. The fourth-order valence-corrected chi connectivity index (χ4v) is 2.91. The van der Waals surface area contributed by atoms with E-state index in [0.717, 1.165) is 4.88 Å². The molecule has 2 rings (SSSR count). The Morgan fingerprint density at radius 2 is 1.80 bits per heavy atom. The summed E-state index contributed by atoms with van der Waals surface area (Å²) in [6, 6.07) is 12.3. The first-order chi connectivity index (χ1) is 11.9. The van der Waals surface area contributed by atoms with Crippen LogP contribution in [0.2, 0.25) is 0 Å². The lowest BCUT2D eigenvalue weighted by molar-refractivity contribution is -0.138. The number of thiophene rings is 1. The van der Waals surface area contributed by atoms with Gasteiger partial charge in [-0.3, -0.25) is 9.59 Å². The van der Waals surface area contributed by atoms with E-state index in [1.807, 2.05) is 6.07 Å². The average Bonchev–Trinajstić information content (AvgIpc) is 3.07. The summed E-state index contributed by atoms with van der Waals surface area (Å²) in [5.74, 6) is -1.02. The number of hydrogen-bond donors (Lipinski definition) is 1. The monoisotopic (exact) mass is 360 g/mol. The van der Waals surface area contributed by atoms with E-state index in [-0.39, 0.29) is 11.8 Å². The summed E-state index contributed by atoms with van der Waals surface area (Å²) in [5, 5.41) is 2.67. The molecule has 0 aliphatic carbocycles. The normalized spacial score (nSPS) is 11.5. The summed E-state index contributed by atoms with van der Waals surface area (Å²) in [4.78, 5) is 38.4. The lowest BCUT2D eigenvalue weighted by Crippen LogP contribution is -2.31. The number of rotatable bonds is 6. The Morgan fingerprint density at radius 3 is 2.40 bits per heavy atom. The van der Waals surface area contributed by atoms with Crippen molar-refractivity contribution < 1.29 is 19.1 Å². The van der Waals surface area contributed by atoms with Crippen LogP contribution in [0.1, 0.15) is 33.1 Å². The molecule has 1 aromatic heterocycles. The van der Waals surface area contributed by atoms with Crippen molar-refractivity contribution in [2.45, 2.75) is 19.6 Å².